The maximum atomic E-state index is 13.2. The molecule has 4 rings (SSSR count). The van der Waals surface area contributed by atoms with E-state index >= 15 is 0 Å². The quantitative estimate of drug-likeness (QED) is 0.600. The van der Waals surface area contributed by atoms with Crippen molar-refractivity contribution in [1.29, 1.82) is 0 Å². The van der Waals surface area contributed by atoms with Gasteiger partial charge in [0.15, 0.2) is 0 Å². The van der Waals surface area contributed by atoms with E-state index in [1.807, 2.05) is 33.9 Å². The predicted octanol–water partition coefficient (Wildman–Crippen LogP) is 5.44. The molecule has 1 amide bonds. The average Bonchev–Trinajstić information content (AvgIpc) is 3.42. The number of aliphatic hydroxyl groups is 1. The number of rotatable bonds is 5. The highest BCUT2D eigenvalue weighted by molar-refractivity contribution is 7.17. The Kier molecular flexibility index (Phi) is 6.02. The molecule has 0 saturated carbocycles. The van der Waals surface area contributed by atoms with E-state index in [2.05, 4.69) is 10.4 Å². The first kappa shape index (κ1) is 18.8. The maximum Gasteiger partial charge on any atom is 0.265 e. The molecule has 142 valence electrons. The fourth-order valence-electron chi connectivity index (χ4n) is 3.58. The fraction of sp³-hybridized carbons (Fsp3) is 0.400. The van der Waals surface area contributed by atoms with E-state index in [4.69, 9.17) is 0 Å². The Labute approximate surface area is 171 Å². The molecule has 0 bridgehead atoms. The second-order valence-corrected chi connectivity index (χ2v) is 9.60. The van der Waals surface area contributed by atoms with E-state index in [1.54, 1.807) is 28.9 Å². The molecule has 27 heavy (non-hydrogen) atoms. The van der Waals surface area contributed by atoms with E-state index in [0.717, 1.165) is 47.7 Å². The lowest BCUT2D eigenvalue weighted by molar-refractivity contribution is 0.0596. The molecule has 1 fully saturated rings. The average molecular weight is 419 g/mol. The van der Waals surface area contributed by atoms with Crippen LogP contribution in [0.15, 0.2) is 40.5 Å². The summed E-state index contributed by atoms with van der Waals surface area (Å²) in [6.45, 7) is 0.756. The van der Waals surface area contributed by atoms with E-state index in [1.165, 1.54) is 11.3 Å². The van der Waals surface area contributed by atoms with Gasteiger partial charge in [0.25, 0.3) is 5.91 Å². The molecule has 2 atom stereocenters. The number of thiazole rings is 1. The van der Waals surface area contributed by atoms with Gasteiger partial charge in [-0.15, -0.1) is 22.7 Å². The Morgan fingerprint density at radius 2 is 2.22 bits per heavy atom. The van der Waals surface area contributed by atoms with Gasteiger partial charge in [-0.2, -0.15) is 11.3 Å². The van der Waals surface area contributed by atoms with Crippen molar-refractivity contribution in [2.24, 2.45) is 0 Å². The smallest absolute Gasteiger partial charge is 0.265 e. The van der Waals surface area contributed by atoms with Gasteiger partial charge in [0.05, 0.1) is 12.3 Å². The van der Waals surface area contributed by atoms with Crippen LogP contribution >= 0.6 is 34.0 Å². The van der Waals surface area contributed by atoms with Gasteiger partial charge in [0.2, 0.25) is 0 Å². The van der Waals surface area contributed by atoms with Crippen LogP contribution in [-0.4, -0.2) is 33.5 Å². The molecule has 3 aromatic rings. The van der Waals surface area contributed by atoms with Crippen molar-refractivity contribution < 1.29 is 9.90 Å². The molecule has 7 heteroatoms. The zero-order valence-corrected chi connectivity index (χ0v) is 17.4. The molecule has 1 aliphatic rings. The summed E-state index contributed by atoms with van der Waals surface area (Å²) in [7, 11) is 0. The number of likely N-dealkylation sites (tertiary alicyclic amines) is 1. The number of thiophene rings is 2. The number of hydrogen-bond acceptors (Lipinski definition) is 6. The Hall–Kier alpha value is -1.54. The van der Waals surface area contributed by atoms with Gasteiger partial charge in [0.1, 0.15) is 9.88 Å². The van der Waals surface area contributed by atoms with Gasteiger partial charge in [-0.25, -0.2) is 4.98 Å². The molecular formula is C20H22N2O2S3. The number of carbonyl (C=O) groups excluding carboxylic acids is 1. The molecule has 0 unspecified atom stereocenters. The number of hydrogen-bond donors (Lipinski definition) is 1. The molecule has 4 nitrogen and oxygen atoms in total. The first-order valence-corrected chi connectivity index (χ1v) is 11.9. The fourth-order valence-corrected chi connectivity index (χ4v) is 5.89. The molecule has 1 N–H and O–H groups in total. The highest BCUT2D eigenvalue weighted by Crippen LogP contribution is 2.32. The Balaban J connectivity index is 1.52. The molecular weight excluding hydrogens is 396 g/mol. The third-order valence-electron chi connectivity index (χ3n) is 4.99. The highest BCUT2D eigenvalue weighted by Gasteiger charge is 2.29. The molecule has 4 heterocycles. The van der Waals surface area contributed by atoms with E-state index in [9.17, 15) is 9.90 Å². The van der Waals surface area contributed by atoms with Gasteiger partial charge in [0, 0.05) is 28.4 Å². The van der Waals surface area contributed by atoms with Crippen molar-refractivity contribution in [3.8, 4) is 10.6 Å². The maximum absolute atomic E-state index is 13.2. The van der Waals surface area contributed by atoms with E-state index in [-0.39, 0.29) is 11.9 Å². The van der Waals surface area contributed by atoms with E-state index in [0.29, 0.717) is 11.3 Å². The van der Waals surface area contributed by atoms with Gasteiger partial charge in [-0.3, -0.25) is 4.79 Å². The summed E-state index contributed by atoms with van der Waals surface area (Å²) in [4.78, 5) is 21.3. The van der Waals surface area contributed by atoms with Crippen molar-refractivity contribution >= 4 is 39.9 Å². The van der Waals surface area contributed by atoms with E-state index < -0.39 is 6.10 Å². The molecule has 0 radical (unpaired) electrons. The molecule has 3 aromatic heterocycles. The topological polar surface area (TPSA) is 53.4 Å². The summed E-state index contributed by atoms with van der Waals surface area (Å²) in [6.07, 6.45) is 6.01. The minimum atomic E-state index is -0.508. The van der Waals surface area contributed by atoms with Gasteiger partial charge < -0.3 is 10.0 Å². The predicted molar refractivity (Wildman–Crippen MR) is 113 cm³/mol. The minimum Gasteiger partial charge on any atom is -0.387 e. The van der Waals surface area contributed by atoms with Crippen molar-refractivity contribution in [3.05, 3.63) is 50.3 Å². The van der Waals surface area contributed by atoms with Crippen LogP contribution in [0.5, 0.6) is 0 Å². The van der Waals surface area contributed by atoms with Crippen molar-refractivity contribution in [1.82, 2.24) is 9.88 Å². The van der Waals surface area contributed by atoms with Crippen molar-refractivity contribution in [2.45, 2.75) is 44.2 Å². The monoisotopic (exact) mass is 418 g/mol. The summed E-state index contributed by atoms with van der Waals surface area (Å²) in [5, 5.41) is 17.6. The first-order valence-electron chi connectivity index (χ1n) is 9.23. The summed E-state index contributed by atoms with van der Waals surface area (Å²) >= 11 is 4.67. The van der Waals surface area contributed by atoms with Crippen molar-refractivity contribution in [3.63, 3.8) is 0 Å². The van der Waals surface area contributed by atoms with Crippen molar-refractivity contribution in [2.75, 3.05) is 6.54 Å². The highest BCUT2D eigenvalue weighted by atomic mass is 32.1. The third-order valence-corrected chi connectivity index (χ3v) is 7.68. The zero-order valence-electron chi connectivity index (χ0n) is 14.9. The zero-order chi connectivity index (χ0) is 18.6. The minimum absolute atomic E-state index is 0.0549. The van der Waals surface area contributed by atoms with Crippen LogP contribution in [0.4, 0.5) is 0 Å². The molecule has 0 spiro atoms. The summed E-state index contributed by atoms with van der Waals surface area (Å²) in [6, 6.07) is 6.03. The number of nitrogens with zero attached hydrogens (tertiary/aromatic N) is 2. The lowest BCUT2D eigenvalue weighted by Crippen LogP contribution is -2.40. The van der Waals surface area contributed by atoms with Crippen LogP contribution in [0.1, 0.15) is 52.8 Å². The molecule has 1 aliphatic heterocycles. The molecule has 0 aliphatic carbocycles. The molecule has 1 saturated heterocycles. The normalized spacial score (nSPS) is 19.0. The lowest BCUT2D eigenvalue weighted by atomic mass is 10.0. The summed E-state index contributed by atoms with van der Waals surface area (Å²) < 4.78 is 0. The van der Waals surface area contributed by atoms with Crippen LogP contribution in [0, 0.1) is 0 Å². The number of carbonyl (C=O) groups is 1. The molecule has 0 aromatic carbocycles. The summed E-state index contributed by atoms with van der Waals surface area (Å²) in [5.41, 5.74) is 1.07. The second-order valence-electron chi connectivity index (χ2n) is 6.81. The van der Waals surface area contributed by atoms with Crippen LogP contribution in [0.2, 0.25) is 0 Å². The third kappa shape index (κ3) is 4.32. The van der Waals surface area contributed by atoms with Gasteiger partial charge >= 0.3 is 0 Å². The Bertz CT molecular complexity index is 858. The van der Waals surface area contributed by atoms with Crippen LogP contribution in [0.3, 0.4) is 0 Å². The van der Waals surface area contributed by atoms with Gasteiger partial charge in [-0.1, -0.05) is 18.9 Å². The largest absolute Gasteiger partial charge is 0.387 e. The lowest BCUT2D eigenvalue weighted by Gasteiger charge is -2.31. The first-order chi connectivity index (χ1) is 13.2. The standard InChI is InChI=1S/C20H22N2O2S3/c23-16(17-6-4-9-26-17)11-15-5-2-1-3-8-22(15)20(24)18-12-21-19(27-18)14-7-10-25-13-14/h4,6-7,9-10,12-13,15-16,23H,1-3,5,8,11H2/t15-,16-/m1/s1. The number of aromatic nitrogens is 1. The number of amides is 1. The SMILES string of the molecule is O=C(c1cnc(-c2ccsc2)s1)N1CCCCC[C@@H]1C[C@@H](O)c1cccs1. The Morgan fingerprint density at radius 1 is 1.30 bits per heavy atom. The van der Waals surface area contributed by atoms with Crippen LogP contribution in [0.25, 0.3) is 10.6 Å². The van der Waals surface area contributed by atoms with Crippen LogP contribution in [-0.2, 0) is 0 Å². The summed E-state index contributed by atoms with van der Waals surface area (Å²) in [5.74, 6) is 0.0549. The number of aliphatic hydroxyl groups excluding tert-OH is 1. The van der Waals surface area contributed by atoms with Crippen LogP contribution < -0.4 is 0 Å². The second kappa shape index (κ2) is 8.65. The Morgan fingerprint density at radius 3 is 3.00 bits per heavy atom. The van der Waals surface area contributed by atoms with Gasteiger partial charge in [-0.05, 0) is 42.2 Å².